The number of H-pyrrole nitrogens is 2. The highest BCUT2D eigenvalue weighted by Gasteiger charge is 2.22. The second-order valence-corrected chi connectivity index (χ2v) is 7.86. The quantitative estimate of drug-likeness (QED) is 0.392. The third-order valence-corrected chi connectivity index (χ3v) is 5.97. The first-order valence-corrected chi connectivity index (χ1v) is 10.4. The third kappa shape index (κ3) is 5.78. The number of fused-ring (bicyclic) bond motifs is 1. The number of unbranched alkanes of at least 4 members (excludes halogenated alkanes) is 2. The van der Waals surface area contributed by atoms with E-state index in [9.17, 15) is 9.36 Å². The van der Waals surface area contributed by atoms with Crippen LogP contribution in [0.4, 0.5) is 0 Å². The summed E-state index contributed by atoms with van der Waals surface area (Å²) in [4.78, 5) is 21.3. The van der Waals surface area contributed by atoms with Crippen molar-refractivity contribution in [2.45, 2.75) is 39.7 Å². The minimum Gasteiger partial charge on any atom is -0.355 e. The first-order valence-electron chi connectivity index (χ1n) is 8.72. The average Bonchev–Trinajstić information content (AvgIpc) is 2.99. The summed E-state index contributed by atoms with van der Waals surface area (Å²) in [6.07, 6.45) is 6.40. The van der Waals surface area contributed by atoms with Crippen LogP contribution in [0.3, 0.4) is 0 Å². The number of aromatic nitrogens is 3. The molecule has 0 radical (unpaired) electrons. The molecule has 25 heavy (non-hydrogen) atoms. The monoisotopic (exact) mass is 370 g/mol. The maximum Gasteiger partial charge on any atom is 0.330 e. The van der Waals surface area contributed by atoms with Gasteiger partial charge < -0.3 is 24.3 Å². The van der Waals surface area contributed by atoms with Crippen molar-refractivity contribution < 1.29 is 13.6 Å². The minimum atomic E-state index is -2.91. The Bertz CT molecular complexity index is 748. The van der Waals surface area contributed by atoms with Crippen molar-refractivity contribution in [3.8, 4) is 0 Å². The standard InChI is InChI=1S/C16H27N4O4P/c1-3-23-25(22,24-4-2)9-7-5-6-8-17-10-13-11-18-15-14(13)19-12-20-16(15)21/h11-12,17-18H,3-10H2,1-2H3,(H,19,20,21). The van der Waals surface area contributed by atoms with Gasteiger partial charge in [0.1, 0.15) is 5.52 Å². The van der Waals surface area contributed by atoms with Gasteiger partial charge in [0.05, 0.1) is 31.2 Å². The lowest BCUT2D eigenvalue weighted by Gasteiger charge is -2.16. The normalized spacial score (nSPS) is 12.1. The number of nitrogens with zero attached hydrogens (tertiary/aromatic N) is 1. The molecule has 0 saturated carbocycles. The van der Waals surface area contributed by atoms with E-state index >= 15 is 0 Å². The summed E-state index contributed by atoms with van der Waals surface area (Å²) in [5.41, 5.74) is 2.01. The van der Waals surface area contributed by atoms with Crippen molar-refractivity contribution >= 4 is 18.6 Å². The molecule has 2 rings (SSSR count). The van der Waals surface area contributed by atoms with Crippen LogP contribution in [0.1, 0.15) is 38.7 Å². The van der Waals surface area contributed by atoms with E-state index in [1.54, 1.807) is 6.20 Å². The highest BCUT2D eigenvalue weighted by atomic mass is 31.2. The number of hydrogen-bond donors (Lipinski definition) is 3. The fraction of sp³-hybridized carbons (Fsp3) is 0.625. The molecule has 0 aromatic carbocycles. The zero-order valence-electron chi connectivity index (χ0n) is 14.8. The van der Waals surface area contributed by atoms with Gasteiger partial charge in [-0.05, 0) is 33.2 Å². The predicted molar refractivity (Wildman–Crippen MR) is 98.0 cm³/mol. The van der Waals surface area contributed by atoms with Gasteiger partial charge in [0.2, 0.25) is 0 Å². The van der Waals surface area contributed by atoms with Crippen LogP contribution in [0.5, 0.6) is 0 Å². The average molecular weight is 370 g/mol. The zero-order chi connectivity index (χ0) is 18.1. The van der Waals surface area contributed by atoms with Crippen LogP contribution < -0.4 is 10.9 Å². The zero-order valence-corrected chi connectivity index (χ0v) is 15.7. The molecule has 2 aromatic rings. The lowest BCUT2D eigenvalue weighted by Crippen LogP contribution is -2.15. The van der Waals surface area contributed by atoms with Gasteiger partial charge in [-0.1, -0.05) is 6.42 Å². The molecule has 9 heteroatoms. The Hall–Kier alpha value is -1.47. The largest absolute Gasteiger partial charge is 0.355 e. The van der Waals surface area contributed by atoms with Crippen LogP contribution in [0.15, 0.2) is 17.3 Å². The minimum absolute atomic E-state index is 0.163. The van der Waals surface area contributed by atoms with E-state index < -0.39 is 7.60 Å². The van der Waals surface area contributed by atoms with E-state index in [0.717, 1.165) is 31.4 Å². The fourth-order valence-corrected chi connectivity index (χ4v) is 4.38. The van der Waals surface area contributed by atoms with Crippen molar-refractivity contribution in [3.05, 3.63) is 28.4 Å². The number of rotatable bonds is 12. The van der Waals surface area contributed by atoms with Gasteiger partial charge in [0, 0.05) is 18.3 Å². The fourth-order valence-electron chi connectivity index (χ4n) is 2.65. The maximum atomic E-state index is 12.3. The molecular formula is C16H27N4O4P. The lowest BCUT2D eigenvalue weighted by atomic mass is 10.2. The molecule has 0 spiro atoms. The van der Waals surface area contributed by atoms with Gasteiger partial charge in [0.25, 0.3) is 5.56 Å². The Labute approximate surface area is 147 Å². The summed E-state index contributed by atoms with van der Waals surface area (Å²) in [7, 11) is -2.91. The Balaban J connectivity index is 1.67. The van der Waals surface area contributed by atoms with Gasteiger partial charge in [-0.15, -0.1) is 0 Å². The van der Waals surface area contributed by atoms with E-state index in [2.05, 4.69) is 20.3 Å². The second-order valence-electron chi connectivity index (χ2n) is 5.68. The number of aromatic amines is 2. The molecule has 0 aliphatic heterocycles. The molecule has 140 valence electrons. The van der Waals surface area contributed by atoms with Crippen molar-refractivity contribution in [3.63, 3.8) is 0 Å². The van der Waals surface area contributed by atoms with Crippen molar-refractivity contribution in [1.82, 2.24) is 20.3 Å². The van der Waals surface area contributed by atoms with E-state index in [1.165, 1.54) is 6.33 Å². The van der Waals surface area contributed by atoms with Crippen LogP contribution >= 0.6 is 7.60 Å². The number of hydrogen-bond acceptors (Lipinski definition) is 6. The molecule has 0 atom stereocenters. The van der Waals surface area contributed by atoms with E-state index in [4.69, 9.17) is 9.05 Å². The SMILES string of the molecule is CCOP(=O)(CCCCCNCc1c[nH]c2c(=O)[nH]cnc12)OCC. The maximum absolute atomic E-state index is 12.3. The van der Waals surface area contributed by atoms with Crippen LogP contribution in [-0.4, -0.2) is 40.9 Å². The van der Waals surface area contributed by atoms with Gasteiger partial charge >= 0.3 is 7.60 Å². The Morgan fingerprint density at radius 2 is 1.92 bits per heavy atom. The summed E-state index contributed by atoms with van der Waals surface area (Å²) in [5, 5.41) is 3.34. The molecule has 0 unspecified atom stereocenters. The summed E-state index contributed by atoms with van der Waals surface area (Å²) >= 11 is 0. The van der Waals surface area contributed by atoms with E-state index in [1.807, 2.05) is 13.8 Å². The molecule has 2 heterocycles. The molecule has 0 saturated heterocycles. The molecule has 0 aliphatic rings. The first-order chi connectivity index (χ1) is 12.1. The van der Waals surface area contributed by atoms with Crippen LogP contribution in [0, 0.1) is 0 Å². The van der Waals surface area contributed by atoms with Crippen molar-refractivity contribution in [2.75, 3.05) is 25.9 Å². The smallest absolute Gasteiger partial charge is 0.330 e. The Morgan fingerprint density at radius 3 is 2.64 bits per heavy atom. The van der Waals surface area contributed by atoms with Crippen LogP contribution in [0.25, 0.3) is 11.0 Å². The van der Waals surface area contributed by atoms with E-state index in [0.29, 0.717) is 37.0 Å². The summed E-state index contributed by atoms with van der Waals surface area (Å²) in [6.45, 7) is 5.93. The van der Waals surface area contributed by atoms with Gasteiger partial charge in [-0.2, -0.15) is 0 Å². The predicted octanol–water partition coefficient (Wildman–Crippen LogP) is 2.78. The van der Waals surface area contributed by atoms with Crippen molar-refractivity contribution in [2.24, 2.45) is 0 Å². The van der Waals surface area contributed by atoms with Gasteiger partial charge in [-0.3, -0.25) is 9.36 Å². The molecule has 3 N–H and O–H groups in total. The first kappa shape index (κ1) is 19.8. The third-order valence-electron chi connectivity index (χ3n) is 3.80. The molecule has 0 aliphatic carbocycles. The van der Waals surface area contributed by atoms with Gasteiger partial charge in [-0.25, -0.2) is 4.98 Å². The summed E-state index contributed by atoms with van der Waals surface area (Å²) in [5.74, 6) is 0. The van der Waals surface area contributed by atoms with Crippen LogP contribution in [-0.2, 0) is 20.2 Å². The topological polar surface area (TPSA) is 109 Å². The van der Waals surface area contributed by atoms with Gasteiger partial charge in [0.15, 0.2) is 0 Å². The molecule has 2 aromatic heterocycles. The second kappa shape index (κ2) is 9.87. The van der Waals surface area contributed by atoms with Crippen molar-refractivity contribution in [1.29, 1.82) is 0 Å². The molecular weight excluding hydrogens is 343 g/mol. The Kier molecular flexibility index (Phi) is 7.84. The number of nitrogens with one attached hydrogen (secondary N) is 3. The lowest BCUT2D eigenvalue weighted by molar-refractivity contribution is 0.219. The molecule has 0 amide bonds. The highest BCUT2D eigenvalue weighted by Crippen LogP contribution is 2.48. The molecule has 0 bridgehead atoms. The van der Waals surface area contributed by atoms with E-state index in [-0.39, 0.29) is 5.56 Å². The molecule has 0 fully saturated rings. The Morgan fingerprint density at radius 1 is 1.16 bits per heavy atom. The summed E-state index contributed by atoms with van der Waals surface area (Å²) < 4.78 is 22.9. The molecule has 8 nitrogen and oxygen atoms in total. The van der Waals surface area contributed by atoms with Crippen LogP contribution in [0.2, 0.25) is 0 Å². The summed E-state index contributed by atoms with van der Waals surface area (Å²) in [6, 6.07) is 0. The highest BCUT2D eigenvalue weighted by molar-refractivity contribution is 7.53.